The van der Waals surface area contributed by atoms with Crippen LogP contribution in [0.4, 0.5) is 0 Å². The van der Waals surface area contributed by atoms with Gasteiger partial charge >= 0.3 is 11.9 Å². The van der Waals surface area contributed by atoms with Gasteiger partial charge < -0.3 is 9.30 Å². The molecule has 4 heteroatoms. The number of ether oxygens (including phenoxy) is 1. The molecule has 0 bridgehead atoms. The Hall–Kier alpha value is -3.14. The van der Waals surface area contributed by atoms with Gasteiger partial charge in [-0.2, -0.15) is 0 Å². The number of carbonyl (C=O) groups excluding carboxylic acids is 2. The van der Waals surface area contributed by atoms with E-state index in [1.807, 2.05) is 24.4 Å². The first kappa shape index (κ1) is 20.6. The van der Waals surface area contributed by atoms with Gasteiger partial charge in [-0.15, -0.1) is 0 Å². The van der Waals surface area contributed by atoms with E-state index < -0.39 is 17.4 Å². The predicted octanol–water partition coefficient (Wildman–Crippen LogP) is 5.68. The fourth-order valence-corrected chi connectivity index (χ4v) is 3.51. The van der Waals surface area contributed by atoms with Gasteiger partial charge in [-0.05, 0) is 64.8 Å². The van der Waals surface area contributed by atoms with E-state index in [9.17, 15) is 9.59 Å². The second kappa shape index (κ2) is 7.70. The minimum Gasteiger partial charge on any atom is -0.389 e. The summed E-state index contributed by atoms with van der Waals surface area (Å²) in [4.78, 5) is 24.0. The molecule has 1 aromatic heterocycles. The van der Waals surface area contributed by atoms with E-state index in [2.05, 4.69) is 43.5 Å². The highest BCUT2D eigenvalue weighted by molar-refractivity contribution is 5.99. The number of hydrogen-bond acceptors (Lipinski definition) is 3. The maximum atomic E-state index is 12.1. The smallest absolute Gasteiger partial charge is 0.338 e. The number of para-hydroxylation sites is 1. The molecule has 1 heterocycles. The number of esters is 2. The van der Waals surface area contributed by atoms with Gasteiger partial charge in [0.2, 0.25) is 0 Å². The van der Waals surface area contributed by atoms with Crippen molar-refractivity contribution in [2.75, 3.05) is 0 Å². The van der Waals surface area contributed by atoms with Crippen molar-refractivity contribution < 1.29 is 14.3 Å². The van der Waals surface area contributed by atoms with Gasteiger partial charge in [-0.1, -0.05) is 35.9 Å². The summed E-state index contributed by atoms with van der Waals surface area (Å²) in [5, 5.41) is 1.03. The molecule has 150 valence electrons. The highest BCUT2D eigenvalue weighted by Gasteiger charge is 2.25. The van der Waals surface area contributed by atoms with Gasteiger partial charge in [-0.25, -0.2) is 4.79 Å². The Morgan fingerprint density at radius 3 is 2.24 bits per heavy atom. The Balaban J connectivity index is 2.02. The van der Waals surface area contributed by atoms with Crippen molar-refractivity contribution in [3.8, 4) is 5.69 Å². The first-order chi connectivity index (χ1) is 13.6. The van der Waals surface area contributed by atoms with Crippen molar-refractivity contribution in [2.24, 2.45) is 5.41 Å². The fraction of sp³-hybridized carbons (Fsp3) is 0.280. The van der Waals surface area contributed by atoms with Gasteiger partial charge in [0.05, 0.1) is 16.6 Å². The minimum atomic E-state index is -0.722. The van der Waals surface area contributed by atoms with Crippen LogP contribution in [-0.2, 0) is 14.3 Å². The van der Waals surface area contributed by atoms with E-state index in [-0.39, 0.29) is 0 Å². The summed E-state index contributed by atoms with van der Waals surface area (Å²) in [6, 6.07) is 12.4. The van der Waals surface area contributed by atoms with Crippen LogP contribution >= 0.6 is 0 Å². The van der Waals surface area contributed by atoms with Crippen LogP contribution in [0.2, 0.25) is 0 Å². The minimum absolute atomic E-state index is 0.541. The number of carbonyl (C=O) groups is 2. The van der Waals surface area contributed by atoms with Crippen molar-refractivity contribution in [1.82, 2.24) is 4.57 Å². The molecule has 0 aliphatic rings. The van der Waals surface area contributed by atoms with Gasteiger partial charge in [0.25, 0.3) is 0 Å². The van der Waals surface area contributed by atoms with Crippen molar-refractivity contribution >= 4 is 28.9 Å². The Morgan fingerprint density at radius 2 is 1.62 bits per heavy atom. The molecule has 0 saturated carbocycles. The number of aryl methyl sites for hydroxylation is 3. The topological polar surface area (TPSA) is 48.3 Å². The second-order valence-corrected chi connectivity index (χ2v) is 8.51. The van der Waals surface area contributed by atoms with Crippen LogP contribution in [0.15, 0.2) is 48.7 Å². The van der Waals surface area contributed by atoms with E-state index in [4.69, 9.17) is 4.74 Å². The van der Waals surface area contributed by atoms with Gasteiger partial charge in [-0.3, -0.25) is 4.79 Å². The molecular weight excluding hydrogens is 362 g/mol. The molecule has 29 heavy (non-hydrogen) atoms. The second-order valence-electron chi connectivity index (χ2n) is 8.51. The number of rotatable bonds is 3. The molecule has 2 aromatic carbocycles. The quantitative estimate of drug-likeness (QED) is 0.329. The normalized spacial score (nSPS) is 11.9. The third-order valence-electron chi connectivity index (χ3n) is 4.82. The third kappa shape index (κ3) is 4.32. The van der Waals surface area contributed by atoms with Crippen LogP contribution in [0, 0.1) is 26.2 Å². The number of nitrogens with zero attached hydrogens (tertiary/aromatic N) is 1. The molecule has 0 saturated heterocycles. The summed E-state index contributed by atoms with van der Waals surface area (Å²) >= 11 is 0. The summed E-state index contributed by atoms with van der Waals surface area (Å²) < 4.78 is 7.08. The molecular formula is C25H27NO3. The SMILES string of the molecule is Cc1cc(C)c(-n2cc(/C=C/C(=O)OC(=O)C(C)(C)C)c3ccccc32)c(C)c1. The van der Waals surface area contributed by atoms with E-state index in [1.54, 1.807) is 26.8 Å². The van der Waals surface area contributed by atoms with Crippen molar-refractivity contribution in [2.45, 2.75) is 41.5 Å². The summed E-state index contributed by atoms with van der Waals surface area (Å²) in [7, 11) is 0. The number of fused-ring (bicyclic) bond motifs is 1. The molecule has 3 aromatic rings. The molecule has 3 rings (SSSR count). The molecule has 0 N–H and O–H groups in total. The zero-order valence-corrected chi connectivity index (χ0v) is 17.9. The molecule has 0 spiro atoms. The molecule has 0 fully saturated rings. The largest absolute Gasteiger partial charge is 0.389 e. The highest BCUT2D eigenvalue weighted by atomic mass is 16.6. The van der Waals surface area contributed by atoms with E-state index in [1.165, 1.54) is 22.8 Å². The molecule has 0 amide bonds. The summed E-state index contributed by atoms with van der Waals surface area (Å²) in [6.45, 7) is 11.4. The van der Waals surface area contributed by atoms with Gasteiger partial charge in [0, 0.05) is 23.2 Å². The maximum absolute atomic E-state index is 12.1. The lowest BCUT2D eigenvalue weighted by molar-refractivity contribution is -0.162. The average molecular weight is 389 g/mol. The first-order valence-electron chi connectivity index (χ1n) is 9.70. The molecule has 0 aliphatic carbocycles. The highest BCUT2D eigenvalue weighted by Crippen LogP contribution is 2.30. The molecule has 0 radical (unpaired) electrons. The zero-order valence-electron chi connectivity index (χ0n) is 17.9. The van der Waals surface area contributed by atoms with Crippen molar-refractivity contribution in [3.63, 3.8) is 0 Å². The number of aromatic nitrogens is 1. The molecule has 4 nitrogen and oxygen atoms in total. The third-order valence-corrected chi connectivity index (χ3v) is 4.82. The predicted molar refractivity (Wildman–Crippen MR) is 117 cm³/mol. The lowest BCUT2D eigenvalue weighted by atomic mass is 9.97. The Labute approximate surface area is 171 Å². The first-order valence-corrected chi connectivity index (χ1v) is 9.70. The summed E-state index contributed by atoms with van der Waals surface area (Å²) in [6.07, 6.45) is 5.03. The van der Waals surface area contributed by atoms with Crippen molar-refractivity contribution in [1.29, 1.82) is 0 Å². The number of hydrogen-bond donors (Lipinski definition) is 0. The molecule has 0 atom stereocenters. The van der Waals surface area contributed by atoms with Crippen LogP contribution in [0.1, 0.15) is 43.0 Å². The van der Waals surface area contributed by atoms with Gasteiger partial charge in [0.1, 0.15) is 0 Å². The van der Waals surface area contributed by atoms with Crippen LogP contribution in [-0.4, -0.2) is 16.5 Å². The lowest BCUT2D eigenvalue weighted by Gasteiger charge is -2.14. The Bertz CT molecular complexity index is 1100. The van der Waals surface area contributed by atoms with Gasteiger partial charge in [0.15, 0.2) is 0 Å². The lowest BCUT2D eigenvalue weighted by Crippen LogP contribution is -2.25. The monoisotopic (exact) mass is 389 g/mol. The van der Waals surface area contributed by atoms with Crippen LogP contribution in [0.25, 0.3) is 22.7 Å². The van der Waals surface area contributed by atoms with Crippen molar-refractivity contribution in [3.05, 3.63) is 70.9 Å². The molecule has 0 aliphatic heterocycles. The Morgan fingerprint density at radius 1 is 1.00 bits per heavy atom. The maximum Gasteiger partial charge on any atom is 0.338 e. The van der Waals surface area contributed by atoms with E-state index in [0.29, 0.717) is 0 Å². The van der Waals surface area contributed by atoms with E-state index in [0.717, 1.165) is 22.2 Å². The standard InChI is InChI=1S/C25H27NO3/c1-16-13-17(2)23(18(3)14-16)26-15-19(20-9-7-8-10-21(20)26)11-12-22(27)29-24(28)25(4,5)6/h7-15H,1-6H3/b12-11+. The summed E-state index contributed by atoms with van der Waals surface area (Å²) in [5.74, 6) is -1.20. The van der Waals surface area contributed by atoms with Crippen LogP contribution < -0.4 is 0 Å². The van der Waals surface area contributed by atoms with Crippen LogP contribution in [0.5, 0.6) is 0 Å². The number of benzene rings is 2. The summed E-state index contributed by atoms with van der Waals surface area (Å²) in [5.41, 5.74) is 5.97. The average Bonchev–Trinajstić information content (AvgIpc) is 2.97. The molecule has 0 unspecified atom stereocenters. The van der Waals surface area contributed by atoms with E-state index >= 15 is 0 Å². The van der Waals surface area contributed by atoms with Crippen LogP contribution in [0.3, 0.4) is 0 Å². The Kier molecular flexibility index (Phi) is 5.47. The fourth-order valence-electron chi connectivity index (χ4n) is 3.51. The zero-order chi connectivity index (χ0) is 21.3.